The summed E-state index contributed by atoms with van der Waals surface area (Å²) in [5.74, 6) is 0.517. The molecule has 1 N–H and O–H groups in total. The smallest absolute Gasteiger partial charge is 0.252 e. The fourth-order valence-electron chi connectivity index (χ4n) is 4.34. The fraction of sp³-hybridized carbons (Fsp3) is 0.565. The topological polar surface area (TPSA) is 60.5 Å². The van der Waals surface area contributed by atoms with Gasteiger partial charge in [-0.15, -0.1) is 0 Å². The molecule has 2 atom stereocenters. The zero-order valence-electron chi connectivity index (χ0n) is 17.1. The van der Waals surface area contributed by atoms with Crippen molar-refractivity contribution >= 4 is 16.8 Å². The van der Waals surface area contributed by atoms with Crippen LogP contribution in [0.4, 0.5) is 0 Å². The van der Waals surface area contributed by atoms with Crippen LogP contribution >= 0.6 is 0 Å². The molecule has 5 nitrogen and oxygen atoms in total. The number of benzene rings is 1. The normalized spacial score (nSPS) is 22.7. The van der Waals surface area contributed by atoms with E-state index in [9.17, 15) is 4.79 Å². The summed E-state index contributed by atoms with van der Waals surface area (Å²) in [5.41, 5.74) is 4.12. The number of fused-ring (bicyclic) bond motifs is 2. The number of para-hydroxylation sites is 1. The van der Waals surface area contributed by atoms with Gasteiger partial charge in [0.05, 0.1) is 37.0 Å². The first-order valence-corrected chi connectivity index (χ1v) is 10.3. The van der Waals surface area contributed by atoms with Crippen molar-refractivity contribution in [3.63, 3.8) is 0 Å². The number of ether oxygens (including phenoxy) is 2. The van der Waals surface area contributed by atoms with Crippen molar-refractivity contribution in [3.8, 4) is 0 Å². The Morgan fingerprint density at radius 2 is 2.07 bits per heavy atom. The largest absolute Gasteiger partial charge is 0.376 e. The van der Waals surface area contributed by atoms with Gasteiger partial charge in [0.15, 0.2) is 0 Å². The van der Waals surface area contributed by atoms with E-state index in [0.29, 0.717) is 32.3 Å². The van der Waals surface area contributed by atoms with Crippen molar-refractivity contribution in [2.75, 3.05) is 26.4 Å². The lowest BCUT2D eigenvalue weighted by Gasteiger charge is -2.35. The van der Waals surface area contributed by atoms with Gasteiger partial charge < -0.3 is 14.8 Å². The molecule has 1 aliphatic carbocycles. The maximum absolute atomic E-state index is 13.3. The molecule has 1 aliphatic heterocycles. The Morgan fingerprint density at radius 3 is 2.82 bits per heavy atom. The lowest BCUT2D eigenvalue weighted by atomic mass is 9.70. The van der Waals surface area contributed by atoms with E-state index in [0.717, 1.165) is 47.0 Å². The van der Waals surface area contributed by atoms with E-state index in [2.05, 4.69) is 26.1 Å². The first kappa shape index (κ1) is 19.3. The summed E-state index contributed by atoms with van der Waals surface area (Å²) in [5, 5.41) is 4.03. The van der Waals surface area contributed by atoms with Gasteiger partial charge in [-0.05, 0) is 42.2 Å². The molecule has 4 rings (SSSR count). The monoisotopic (exact) mass is 382 g/mol. The maximum atomic E-state index is 13.3. The molecule has 0 saturated carbocycles. The molecule has 2 aromatic rings. The lowest BCUT2D eigenvalue weighted by Crippen LogP contribution is -2.40. The molecule has 0 unspecified atom stereocenters. The van der Waals surface area contributed by atoms with E-state index < -0.39 is 0 Å². The molecular weight excluding hydrogens is 352 g/mol. The molecule has 1 aromatic carbocycles. The van der Waals surface area contributed by atoms with Gasteiger partial charge in [-0.1, -0.05) is 39.0 Å². The Bertz CT molecular complexity index is 866. The number of carbonyl (C=O) groups is 1. The first-order chi connectivity index (χ1) is 13.4. The Balaban J connectivity index is 1.68. The minimum Gasteiger partial charge on any atom is -0.376 e. The quantitative estimate of drug-likeness (QED) is 0.882. The van der Waals surface area contributed by atoms with Crippen LogP contribution in [0.5, 0.6) is 0 Å². The summed E-state index contributed by atoms with van der Waals surface area (Å²) >= 11 is 0. The predicted molar refractivity (Wildman–Crippen MR) is 110 cm³/mol. The minimum atomic E-state index is -0.0797. The molecule has 2 aliphatic rings. The number of rotatable bonds is 3. The van der Waals surface area contributed by atoms with Crippen LogP contribution in [0, 0.1) is 11.3 Å². The summed E-state index contributed by atoms with van der Waals surface area (Å²) in [4.78, 5) is 18.2. The molecule has 0 spiro atoms. The van der Waals surface area contributed by atoms with Crippen molar-refractivity contribution in [3.05, 3.63) is 41.1 Å². The highest BCUT2D eigenvalue weighted by atomic mass is 16.6. The number of amides is 1. The number of hydrogen-bond acceptors (Lipinski definition) is 4. The second-order valence-corrected chi connectivity index (χ2v) is 9.01. The minimum absolute atomic E-state index is 0.0291. The summed E-state index contributed by atoms with van der Waals surface area (Å²) in [7, 11) is 0. The SMILES string of the molecule is CC(C)(C)[C@@H]1CCc2nc3ccccc3c(C(=O)NC[C@@H]3COCCO3)c2C1. The number of hydrogen-bond donors (Lipinski definition) is 1. The van der Waals surface area contributed by atoms with E-state index in [-0.39, 0.29) is 17.4 Å². The first-order valence-electron chi connectivity index (χ1n) is 10.3. The zero-order valence-corrected chi connectivity index (χ0v) is 17.1. The summed E-state index contributed by atoms with van der Waals surface area (Å²) < 4.78 is 11.1. The van der Waals surface area contributed by atoms with Gasteiger partial charge in [0.1, 0.15) is 0 Å². The number of aromatic nitrogens is 1. The van der Waals surface area contributed by atoms with Crippen LogP contribution in [0.1, 0.15) is 48.8 Å². The molecule has 1 aromatic heterocycles. The second-order valence-electron chi connectivity index (χ2n) is 9.01. The van der Waals surface area contributed by atoms with Crippen LogP contribution in [0.3, 0.4) is 0 Å². The van der Waals surface area contributed by atoms with E-state index in [1.54, 1.807) is 0 Å². The van der Waals surface area contributed by atoms with Crippen LogP contribution in [0.2, 0.25) is 0 Å². The molecule has 28 heavy (non-hydrogen) atoms. The van der Waals surface area contributed by atoms with Crippen LogP contribution in [0.15, 0.2) is 24.3 Å². The standard InChI is InChI=1S/C23H30N2O3/c1-23(2,3)15-8-9-20-18(12-15)21(17-6-4-5-7-19(17)25-20)22(26)24-13-16-14-27-10-11-28-16/h4-7,15-16H,8-14H2,1-3H3,(H,24,26)/t15-,16-/m1/s1. The number of pyridine rings is 1. The van der Waals surface area contributed by atoms with E-state index in [1.807, 2.05) is 24.3 Å². The Morgan fingerprint density at radius 1 is 1.25 bits per heavy atom. The van der Waals surface area contributed by atoms with Gasteiger partial charge in [0, 0.05) is 17.6 Å². The highest BCUT2D eigenvalue weighted by molar-refractivity contribution is 6.07. The van der Waals surface area contributed by atoms with E-state index in [4.69, 9.17) is 14.5 Å². The van der Waals surface area contributed by atoms with Gasteiger partial charge in [0.2, 0.25) is 0 Å². The number of nitrogens with one attached hydrogen (secondary N) is 1. The van der Waals surface area contributed by atoms with Crippen molar-refractivity contribution in [1.82, 2.24) is 10.3 Å². The molecule has 150 valence electrons. The highest BCUT2D eigenvalue weighted by Gasteiger charge is 2.32. The number of carbonyl (C=O) groups excluding carboxylic acids is 1. The number of nitrogens with zero attached hydrogens (tertiary/aromatic N) is 1. The molecule has 1 amide bonds. The third kappa shape index (κ3) is 3.91. The molecule has 5 heteroatoms. The Kier molecular flexibility index (Phi) is 5.39. The predicted octanol–water partition coefficient (Wildman–Crippen LogP) is 3.53. The molecule has 1 saturated heterocycles. The van der Waals surface area contributed by atoms with Crippen molar-refractivity contribution in [2.45, 2.75) is 46.1 Å². The van der Waals surface area contributed by atoms with Crippen molar-refractivity contribution < 1.29 is 14.3 Å². The van der Waals surface area contributed by atoms with Crippen molar-refractivity contribution in [2.24, 2.45) is 11.3 Å². The number of aryl methyl sites for hydroxylation is 1. The van der Waals surface area contributed by atoms with Crippen LogP contribution in [-0.2, 0) is 22.3 Å². The summed E-state index contributed by atoms with van der Waals surface area (Å²) in [6.07, 6.45) is 2.88. The second kappa shape index (κ2) is 7.80. The third-order valence-corrected chi connectivity index (χ3v) is 6.09. The molecular formula is C23H30N2O3. The average molecular weight is 383 g/mol. The Labute approximate surface area is 166 Å². The molecule has 0 radical (unpaired) electrons. The van der Waals surface area contributed by atoms with Crippen LogP contribution < -0.4 is 5.32 Å². The molecule has 2 heterocycles. The van der Waals surface area contributed by atoms with Gasteiger partial charge in [0.25, 0.3) is 5.91 Å². The maximum Gasteiger partial charge on any atom is 0.252 e. The van der Waals surface area contributed by atoms with Gasteiger partial charge in [-0.3, -0.25) is 9.78 Å². The average Bonchev–Trinajstić information content (AvgIpc) is 2.70. The summed E-state index contributed by atoms with van der Waals surface area (Å²) in [6.45, 7) is 9.07. The molecule has 1 fully saturated rings. The highest BCUT2D eigenvalue weighted by Crippen LogP contribution is 2.39. The van der Waals surface area contributed by atoms with Gasteiger partial charge >= 0.3 is 0 Å². The third-order valence-electron chi connectivity index (χ3n) is 6.09. The Hall–Kier alpha value is -1.98. The summed E-state index contributed by atoms with van der Waals surface area (Å²) in [6, 6.07) is 7.98. The fourth-order valence-corrected chi connectivity index (χ4v) is 4.34. The van der Waals surface area contributed by atoms with E-state index in [1.165, 1.54) is 0 Å². The van der Waals surface area contributed by atoms with Crippen molar-refractivity contribution in [1.29, 1.82) is 0 Å². The van der Waals surface area contributed by atoms with E-state index >= 15 is 0 Å². The molecule has 0 bridgehead atoms. The zero-order chi connectivity index (χ0) is 19.7. The van der Waals surface area contributed by atoms with Gasteiger partial charge in [-0.2, -0.15) is 0 Å². The van der Waals surface area contributed by atoms with Crippen LogP contribution in [0.25, 0.3) is 10.9 Å². The van der Waals surface area contributed by atoms with Crippen LogP contribution in [-0.4, -0.2) is 43.4 Å². The van der Waals surface area contributed by atoms with Gasteiger partial charge in [-0.25, -0.2) is 0 Å². The lowest BCUT2D eigenvalue weighted by molar-refractivity contribution is -0.0855.